The van der Waals surface area contributed by atoms with Gasteiger partial charge in [-0.25, -0.2) is 0 Å². The van der Waals surface area contributed by atoms with Crippen LogP contribution in [-0.4, -0.2) is 54.1 Å². The summed E-state index contributed by atoms with van der Waals surface area (Å²) >= 11 is 0. The molecule has 0 aromatic carbocycles. The van der Waals surface area contributed by atoms with Crippen molar-refractivity contribution >= 4 is 11.9 Å². The molecule has 2 saturated heterocycles. The largest absolute Gasteiger partial charge is 0.481 e. The van der Waals surface area contributed by atoms with E-state index in [0.29, 0.717) is 38.5 Å². The second-order valence-electron chi connectivity index (χ2n) is 5.95. The molecule has 0 aromatic heterocycles. The third-order valence-electron chi connectivity index (χ3n) is 4.42. The summed E-state index contributed by atoms with van der Waals surface area (Å²) in [7, 11) is 0. The Morgan fingerprint density at radius 2 is 1.76 bits per heavy atom. The molecular formula is C14H23NO6. The topological polar surface area (TPSA) is 126 Å². The summed E-state index contributed by atoms with van der Waals surface area (Å²) in [6.07, 6.45) is 3.23. The summed E-state index contributed by atoms with van der Waals surface area (Å²) < 4.78 is 9.79. The lowest BCUT2D eigenvalue weighted by Crippen LogP contribution is -2.45. The Balaban J connectivity index is 0.000000272. The maximum absolute atomic E-state index is 11.4. The number of carboxylic acids is 2. The average molecular weight is 301 g/mol. The van der Waals surface area contributed by atoms with Crippen LogP contribution in [0.2, 0.25) is 0 Å². The van der Waals surface area contributed by atoms with Gasteiger partial charge < -0.3 is 25.4 Å². The Morgan fingerprint density at radius 3 is 2.14 bits per heavy atom. The van der Waals surface area contributed by atoms with Crippen LogP contribution in [-0.2, 0) is 19.1 Å². The van der Waals surface area contributed by atoms with Gasteiger partial charge in [-0.15, -0.1) is 0 Å². The Kier molecular flexibility index (Phi) is 5.18. The van der Waals surface area contributed by atoms with E-state index in [0.717, 1.165) is 19.4 Å². The van der Waals surface area contributed by atoms with Crippen molar-refractivity contribution in [3.05, 3.63) is 0 Å². The van der Waals surface area contributed by atoms with E-state index in [-0.39, 0.29) is 6.10 Å². The van der Waals surface area contributed by atoms with Gasteiger partial charge in [0.2, 0.25) is 0 Å². The highest BCUT2D eigenvalue weighted by atomic mass is 16.6. The maximum atomic E-state index is 11.4. The van der Waals surface area contributed by atoms with E-state index in [2.05, 4.69) is 0 Å². The fraction of sp³-hybridized carbons (Fsp3) is 0.857. The van der Waals surface area contributed by atoms with Crippen LogP contribution in [0.3, 0.4) is 0 Å². The van der Waals surface area contributed by atoms with E-state index in [4.69, 9.17) is 20.3 Å². The molecule has 2 heterocycles. The van der Waals surface area contributed by atoms with Crippen molar-refractivity contribution in [2.45, 2.75) is 44.3 Å². The number of ether oxygens (including phenoxy) is 2. The number of aliphatic carboxylic acids is 2. The standard InChI is InChI=1S/C11H16O5.C3H7NO/c12-9(13)8-3-1-2-4-11(8,10(14)15)5-7-6-16-7;4-1-3-2-5-3/h7-8H,1-6H2,(H,12,13)(H,14,15);3H,1-2,4H2. The molecule has 0 amide bonds. The molecule has 0 radical (unpaired) electrons. The van der Waals surface area contributed by atoms with E-state index in [1.54, 1.807) is 0 Å². The lowest BCUT2D eigenvalue weighted by Gasteiger charge is -2.38. The molecule has 0 spiro atoms. The number of hydrogen-bond donors (Lipinski definition) is 3. The third kappa shape index (κ3) is 4.15. The van der Waals surface area contributed by atoms with Crippen LogP contribution < -0.4 is 5.73 Å². The first-order valence-electron chi connectivity index (χ1n) is 7.39. The van der Waals surface area contributed by atoms with Gasteiger partial charge in [0.25, 0.3) is 0 Å². The number of rotatable bonds is 5. The molecule has 120 valence electrons. The first kappa shape index (κ1) is 16.2. The van der Waals surface area contributed by atoms with E-state index in [1.165, 1.54) is 0 Å². The van der Waals surface area contributed by atoms with Crippen molar-refractivity contribution in [3.8, 4) is 0 Å². The summed E-state index contributed by atoms with van der Waals surface area (Å²) in [5.41, 5.74) is 4.00. The van der Waals surface area contributed by atoms with Gasteiger partial charge in [0.1, 0.15) is 0 Å². The predicted molar refractivity (Wildman–Crippen MR) is 72.8 cm³/mol. The molecule has 0 aromatic rings. The molecule has 21 heavy (non-hydrogen) atoms. The first-order chi connectivity index (χ1) is 9.99. The SMILES string of the molecule is NCC1CO1.O=C(O)C1CCCCC1(CC1CO1)C(=O)O. The van der Waals surface area contributed by atoms with Gasteiger partial charge in [-0.05, 0) is 19.3 Å². The molecule has 3 fully saturated rings. The molecule has 3 aliphatic rings. The van der Waals surface area contributed by atoms with E-state index >= 15 is 0 Å². The van der Waals surface area contributed by atoms with Crippen LogP contribution in [0.4, 0.5) is 0 Å². The van der Waals surface area contributed by atoms with Crippen LogP contribution >= 0.6 is 0 Å². The lowest BCUT2D eigenvalue weighted by atomic mass is 9.64. The van der Waals surface area contributed by atoms with Crippen LogP contribution in [0.1, 0.15) is 32.1 Å². The van der Waals surface area contributed by atoms with E-state index in [9.17, 15) is 14.7 Å². The van der Waals surface area contributed by atoms with Gasteiger partial charge in [0.05, 0.1) is 36.8 Å². The minimum Gasteiger partial charge on any atom is -0.481 e. The highest BCUT2D eigenvalue weighted by Gasteiger charge is 2.53. The quantitative estimate of drug-likeness (QED) is 0.630. The highest BCUT2D eigenvalue weighted by molar-refractivity contribution is 5.83. The van der Waals surface area contributed by atoms with Crippen LogP contribution in [0.15, 0.2) is 0 Å². The van der Waals surface area contributed by atoms with Crippen molar-refractivity contribution in [1.82, 2.24) is 0 Å². The third-order valence-corrected chi connectivity index (χ3v) is 4.42. The molecule has 1 aliphatic carbocycles. The van der Waals surface area contributed by atoms with Crippen LogP contribution in [0.5, 0.6) is 0 Å². The Labute approximate surface area is 123 Å². The summed E-state index contributed by atoms with van der Waals surface area (Å²) in [5, 5.41) is 18.5. The summed E-state index contributed by atoms with van der Waals surface area (Å²) in [5.74, 6) is -2.72. The Morgan fingerprint density at radius 1 is 1.14 bits per heavy atom. The molecule has 4 N–H and O–H groups in total. The van der Waals surface area contributed by atoms with Gasteiger partial charge in [-0.1, -0.05) is 12.8 Å². The molecule has 7 nitrogen and oxygen atoms in total. The maximum Gasteiger partial charge on any atom is 0.310 e. The zero-order valence-corrected chi connectivity index (χ0v) is 12.0. The smallest absolute Gasteiger partial charge is 0.310 e. The van der Waals surface area contributed by atoms with Gasteiger partial charge in [-0.2, -0.15) is 0 Å². The molecule has 2 aliphatic heterocycles. The monoisotopic (exact) mass is 301 g/mol. The normalized spacial score (nSPS) is 37.1. The first-order valence-corrected chi connectivity index (χ1v) is 7.39. The molecule has 3 rings (SSSR count). The molecule has 1 saturated carbocycles. The van der Waals surface area contributed by atoms with Crippen molar-refractivity contribution in [2.24, 2.45) is 17.1 Å². The van der Waals surface area contributed by atoms with Crippen molar-refractivity contribution in [3.63, 3.8) is 0 Å². The minimum absolute atomic E-state index is 0.0453. The number of carbonyl (C=O) groups is 2. The predicted octanol–water partition coefficient (Wildman–Crippen LogP) is 0.465. The number of nitrogens with two attached hydrogens (primary N) is 1. The summed E-state index contributed by atoms with van der Waals surface area (Å²) in [4.78, 5) is 22.6. The molecular weight excluding hydrogens is 278 g/mol. The zero-order chi connectivity index (χ0) is 15.5. The van der Waals surface area contributed by atoms with E-state index in [1.807, 2.05) is 0 Å². The lowest BCUT2D eigenvalue weighted by molar-refractivity contribution is -0.167. The highest BCUT2D eigenvalue weighted by Crippen LogP contribution is 2.47. The van der Waals surface area contributed by atoms with Gasteiger partial charge >= 0.3 is 11.9 Å². The van der Waals surface area contributed by atoms with Crippen LogP contribution in [0, 0.1) is 11.3 Å². The van der Waals surface area contributed by atoms with E-state index < -0.39 is 23.3 Å². The fourth-order valence-corrected chi connectivity index (χ4v) is 2.98. The number of carboxylic acid groups (broad SMARTS) is 2. The van der Waals surface area contributed by atoms with Crippen LogP contribution in [0.25, 0.3) is 0 Å². The summed E-state index contributed by atoms with van der Waals surface area (Å²) in [6, 6.07) is 0. The molecule has 0 bridgehead atoms. The number of epoxide rings is 2. The van der Waals surface area contributed by atoms with Gasteiger partial charge in [-0.3, -0.25) is 9.59 Å². The minimum atomic E-state index is -1.11. The Bertz CT molecular complexity index is 393. The van der Waals surface area contributed by atoms with Crippen molar-refractivity contribution in [2.75, 3.05) is 19.8 Å². The molecule has 4 unspecified atom stereocenters. The van der Waals surface area contributed by atoms with Gasteiger partial charge in [0.15, 0.2) is 0 Å². The van der Waals surface area contributed by atoms with Crippen molar-refractivity contribution < 1.29 is 29.3 Å². The van der Waals surface area contributed by atoms with Crippen molar-refractivity contribution in [1.29, 1.82) is 0 Å². The molecule has 7 heteroatoms. The molecule has 4 atom stereocenters. The van der Waals surface area contributed by atoms with Gasteiger partial charge in [0, 0.05) is 6.54 Å². The zero-order valence-electron chi connectivity index (χ0n) is 12.0. The fourth-order valence-electron chi connectivity index (χ4n) is 2.98. The second kappa shape index (κ2) is 6.72. The average Bonchev–Trinajstić information content (AvgIpc) is 3.34. The number of hydrogen-bond acceptors (Lipinski definition) is 5. The Hall–Kier alpha value is -1.18. The summed E-state index contributed by atoms with van der Waals surface area (Å²) in [6.45, 7) is 2.15. The second-order valence-corrected chi connectivity index (χ2v) is 5.95.